The second-order valence-electron chi connectivity index (χ2n) is 12.9. The van der Waals surface area contributed by atoms with E-state index in [1.807, 2.05) is 0 Å². The number of halogens is 5. The molecule has 0 saturated heterocycles. The number of hydrogen-bond donors (Lipinski definition) is 0. The third kappa shape index (κ3) is 7.24. The maximum absolute atomic E-state index is 7.60. The van der Waals surface area contributed by atoms with Gasteiger partial charge in [-0.1, -0.05) is 138 Å². The van der Waals surface area contributed by atoms with Gasteiger partial charge in [0, 0.05) is 11.8 Å². The van der Waals surface area contributed by atoms with E-state index in [1.54, 1.807) is 6.21 Å². The topological polar surface area (TPSA) is 18.8 Å². The molecule has 1 unspecified atom stereocenters. The van der Waals surface area contributed by atoms with Gasteiger partial charge >= 0.3 is 0 Å². The molecule has 1 atom stereocenters. The van der Waals surface area contributed by atoms with E-state index < -0.39 is 5.38 Å². The van der Waals surface area contributed by atoms with Gasteiger partial charge in [0.1, 0.15) is 16.4 Å². The van der Waals surface area contributed by atoms with Gasteiger partial charge in [-0.2, -0.15) is 0 Å². The minimum atomic E-state index is -0.752. The Balaban J connectivity index is 2.23. The second kappa shape index (κ2) is 17.5. The van der Waals surface area contributed by atoms with Crippen LogP contribution in [0, 0.1) is 0 Å². The summed E-state index contributed by atoms with van der Waals surface area (Å²) in [6.07, 6.45) is 9.70. The molecule has 2 aliphatic rings. The number of allylic oxidation sites excluding steroid dienone is 2. The smallest absolute Gasteiger partial charge is 0.151 e. The molecule has 0 aliphatic carbocycles. The molecule has 48 heavy (non-hydrogen) atoms. The first kappa shape index (κ1) is 39.2. The molecule has 0 spiro atoms. The van der Waals surface area contributed by atoms with Crippen molar-refractivity contribution in [2.75, 3.05) is 9.80 Å². The van der Waals surface area contributed by atoms with E-state index in [-0.39, 0.29) is 10.2 Å². The van der Waals surface area contributed by atoms with Gasteiger partial charge in [0.05, 0.1) is 16.4 Å². The highest BCUT2D eigenvalue weighted by atomic mass is 35.5. The van der Waals surface area contributed by atoms with Crippen LogP contribution in [0.25, 0.3) is 0 Å². The Labute approximate surface area is 315 Å². The monoisotopic (exact) mass is 749 g/mol. The number of para-hydroxylation sites is 2. The lowest BCUT2D eigenvalue weighted by Crippen LogP contribution is -2.32. The van der Waals surface area contributed by atoms with Crippen molar-refractivity contribution in [3.63, 3.8) is 0 Å². The van der Waals surface area contributed by atoms with Gasteiger partial charge in [0.2, 0.25) is 0 Å². The third-order valence-corrected chi connectivity index (χ3v) is 12.8. The predicted molar refractivity (Wildman–Crippen MR) is 214 cm³/mol. The lowest BCUT2D eigenvalue weighted by molar-refractivity contribution is 0.621. The average Bonchev–Trinajstić information content (AvgIpc) is 3.35. The van der Waals surface area contributed by atoms with Gasteiger partial charge in [0.25, 0.3) is 0 Å². The van der Waals surface area contributed by atoms with Gasteiger partial charge in [-0.3, -0.25) is 9.80 Å². The van der Waals surface area contributed by atoms with Crippen LogP contribution in [0.3, 0.4) is 0 Å². The van der Waals surface area contributed by atoms with Crippen LogP contribution < -0.4 is 9.80 Å². The summed E-state index contributed by atoms with van der Waals surface area (Å²) in [5.41, 5.74) is 7.85. The first-order valence-electron chi connectivity index (χ1n) is 18.0. The van der Waals surface area contributed by atoms with Crippen LogP contribution in [0.15, 0.2) is 73.3 Å². The van der Waals surface area contributed by atoms with Crippen molar-refractivity contribution in [2.24, 2.45) is 4.99 Å². The van der Waals surface area contributed by atoms with Crippen LogP contribution in [0.2, 0.25) is 0 Å². The lowest BCUT2D eigenvalue weighted by atomic mass is 9.84. The Morgan fingerprint density at radius 2 is 0.875 bits per heavy atom. The molecule has 2 aliphatic heterocycles. The van der Waals surface area contributed by atoms with Crippen molar-refractivity contribution in [2.45, 2.75) is 136 Å². The summed E-state index contributed by atoms with van der Waals surface area (Å²) in [4.78, 5) is 8.86. The van der Waals surface area contributed by atoms with Gasteiger partial charge in [-0.05, 0) is 97.3 Å². The van der Waals surface area contributed by atoms with Crippen molar-refractivity contribution in [1.82, 2.24) is 0 Å². The molecule has 262 valence electrons. The van der Waals surface area contributed by atoms with Crippen LogP contribution in [0.4, 0.5) is 11.4 Å². The number of alkyl halides is 1. The molecule has 4 rings (SSSR count). The predicted octanol–water partition coefficient (Wildman–Crippen LogP) is 14.8. The molecule has 0 N–H and O–H groups in total. The van der Waals surface area contributed by atoms with Crippen molar-refractivity contribution >= 4 is 75.6 Å². The summed E-state index contributed by atoms with van der Waals surface area (Å²) in [6, 6.07) is 13.4. The molecule has 3 nitrogen and oxygen atoms in total. The van der Waals surface area contributed by atoms with E-state index in [9.17, 15) is 0 Å². The molecule has 0 amide bonds. The second-order valence-corrected chi connectivity index (χ2v) is 14.8. The highest BCUT2D eigenvalue weighted by Gasteiger charge is 2.43. The van der Waals surface area contributed by atoms with Crippen LogP contribution in [0.1, 0.15) is 153 Å². The zero-order valence-electron chi connectivity index (χ0n) is 29.8. The first-order valence-corrected chi connectivity index (χ1v) is 19.9. The Hall–Kier alpha value is -1.62. The summed E-state index contributed by atoms with van der Waals surface area (Å²) in [7, 11) is 0. The summed E-state index contributed by atoms with van der Waals surface area (Å²) in [5.74, 6) is 2.03. The number of hydrogen-bond acceptors (Lipinski definition) is 3. The number of anilines is 2. The minimum Gasteiger partial charge on any atom is -0.283 e. The summed E-state index contributed by atoms with van der Waals surface area (Å²) in [5, 5.41) is 0.594. The fourth-order valence-corrected chi connectivity index (χ4v) is 8.85. The SMILES string of the molecule is CCC(CC)c1cccc(C(CC)CC)c1N1C(Cl)=C(Cl)N(c2c(C(CC)CC)cccc2C(CC)CC)C1=C1C=NC(Cl)=C(Cl)C1Cl. The number of rotatable bonds is 14. The van der Waals surface area contributed by atoms with Crippen LogP contribution >= 0.6 is 58.0 Å². The van der Waals surface area contributed by atoms with E-state index in [1.165, 1.54) is 22.3 Å². The third-order valence-electron chi connectivity index (χ3n) is 10.6. The zero-order valence-corrected chi connectivity index (χ0v) is 33.6. The molecule has 0 fully saturated rings. The molecule has 0 radical (unpaired) electrons. The normalized spacial score (nSPS) is 17.2. The molecule has 0 saturated carbocycles. The first-order chi connectivity index (χ1) is 23.1. The maximum Gasteiger partial charge on any atom is 0.151 e. The Kier molecular flexibility index (Phi) is 14.3. The molecule has 8 heteroatoms. The van der Waals surface area contributed by atoms with E-state index in [0.29, 0.717) is 39.6 Å². The quantitative estimate of drug-likeness (QED) is 0.141. The largest absolute Gasteiger partial charge is 0.283 e. The number of nitrogens with zero attached hydrogens (tertiary/aromatic N) is 3. The Morgan fingerprint density at radius 1 is 0.562 bits per heavy atom. The lowest BCUT2D eigenvalue weighted by Gasteiger charge is -2.37. The summed E-state index contributed by atoms with van der Waals surface area (Å²) in [6.45, 7) is 18.0. The molecular formula is C40H52Cl5N3. The molecule has 2 aromatic carbocycles. The van der Waals surface area contributed by atoms with Gasteiger partial charge in [0.15, 0.2) is 10.3 Å². The molecular weight excluding hydrogens is 700 g/mol. The van der Waals surface area contributed by atoms with Crippen molar-refractivity contribution in [3.8, 4) is 0 Å². The fourth-order valence-electron chi connectivity index (χ4n) is 7.71. The molecule has 2 heterocycles. The highest BCUT2D eigenvalue weighted by Crippen LogP contribution is 2.54. The fraction of sp³-hybridized carbons (Fsp3) is 0.525. The van der Waals surface area contributed by atoms with E-state index in [0.717, 1.165) is 68.6 Å². The van der Waals surface area contributed by atoms with E-state index >= 15 is 0 Å². The number of benzene rings is 2. The molecule has 0 bridgehead atoms. The van der Waals surface area contributed by atoms with Gasteiger partial charge < -0.3 is 0 Å². The summed E-state index contributed by atoms with van der Waals surface area (Å²) < 4.78 is 0. The average molecular weight is 752 g/mol. The maximum atomic E-state index is 7.60. The van der Waals surface area contributed by atoms with Crippen molar-refractivity contribution in [1.29, 1.82) is 0 Å². The van der Waals surface area contributed by atoms with E-state index in [4.69, 9.17) is 58.0 Å². The van der Waals surface area contributed by atoms with E-state index in [2.05, 4.69) is 107 Å². The van der Waals surface area contributed by atoms with Crippen molar-refractivity contribution in [3.05, 3.63) is 90.5 Å². The zero-order chi connectivity index (χ0) is 35.3. The molecule has 2 aromatic rings. The summed E-state index contributed by atoms with van der Waals surface area (Å²) >= 11 is 35.7. The van der Waals surface area contributed by atoms with Gasteiger partial charge in [-0.15, -0.1) is 11.6 Å². The minimum absolute atomic E-state index is 0.188. The van der Waals surface area contributed by atoms with Crippen molar-refractivity contribution < 1.29 is 0 Å². The Bertz CT molecular complexity index is 1410. The standard InChI is InChI=1S/C40H52Cl5N3/c1-9-24(10-2)28-19-17-20-29(25(11-3)12-4)35(28)47-38(44)39(45)48(40(47)32-23-46-37(43)34(42)33(32)41)36-30(26(13-5)14-6)21-18-22-31(36)27(15-7)16-8/h17-27,33H,9-16H2,1-8H3. The van der Waals surface area contributed by atoms with Crippen LogP contribution in [-0.4, -0.2) is 11.6 Å². The number of aliphatic imine (C=N–C) groups is 1. The van der Waals surface area contributed by atoms with Crippen LogP contribution in [0.5, 0.6) is 0 Å². The Morgan fingerprint density at radius 3 is 1.17 bits per heavy atom. The molecule has 0 aromatic heterocycles. The van der Waals surface area contributed by atoms with Crippen LogP contribution in [-0.2, 0) is 0 Å². The highest BCUT2D eigenvalue weighted by molar-refractivity contribution is 6.46. The van der Waals surface area contributed by atoms with Gasteiger partial charge in [-0.25, -0.2) is 4.99 Å².